The van der Waals surface area contributed by atoms with E-state index in [0.29, 0.717) is 0 Å². The van der Waals surface area contributed by atoms with Crippen LogP contribution in [0, 0.1) is 5.92 Å². The van der Waals surface area contributed by atoms with Gasteiger partial charge in [0.05, 0.1) is 5.56 Å². The van der Waals surface area contributed by atoms with Crippen LogP contribution in [0.15, 0.2) is 12.1 Å². The van der Waals surface area contributed by atoms with E-state index in [2.05, 4.69) is 10.3 Å². The summed E-state index contributed by atoms with van der Waals surface area (Å²) in [5.41, 5.74) is 9.49. The molecule has 0 aliphatic heterocycles. The molecule has 0 aliphatic rings. The summed E-state index contributed by atoms with van der Waals surface area (Å²) in [5.74, 6) is -0.998. The number of anilines is 1. The Labute approximate surface area is 114 Å². The van der Waals surface area contributed by atoms with Gasteiger partial charge in [-0.15, -0.1) is 0 Å². The Hall–Kier alpha value is -1.83. The van der Waals surface area contributed by atoms with Gasteiger partial charge in [-0.25, -0.2) is 4.98 Å². The van der Waals surface area contributed by atoms with Crippen molar-refractivity contribution in [1.29, 1.82) is 0 Å². The third kappa shape index (κ3) is 3.83. The van der Waals surface area contributed by atoms with Crippen molar-refractivity contribution in [3.05, 3.63) is 23.4 Å². The Morgan fingerprint density at radius 3 is 2.40 bits per heavy atom. The van der Waals surface area contributed by atoms with E-state index < -0.39 is 17.8 Å². The number of aromatic nitrogens is 1. The number of nitrogens with one attached hydrogen (secondary N) is 1. The Balaban J connectivity index is 3.22. The molecule has 0 radical (unpaired) electrons. The van der Waals surface area contributed by atoms with E-state index in [1.807, 2.05) is 13.8 Å². The summed E-state index contributed by atoms with van der Waals surface area (Å²) < 4.78 is 37.9. The van der Waals surface area contributed by atoms with Crippen LogP contribution in [-0.2, 0) is 6.18 Å². The molecule has 1 atom stereocenters. The highest BCUT2D eigenvalue weighted by Crippen LogP contribution is 2.29. The lowest BCUT2D eigenvalue weighted by Crippen LogP contribution is -2.35. The maximum atomic E-state index is 12.6. The molecule has 0 saturated carbocycles. The molecule has 5 N–H and O–H groups in total. The molecule has 1 aromatic heterocycles. The maximum absolute atomic E-state index is 12.6. The molecule has 20 heavy (non-hydrogen) atoms. The number of primary amides is 1. The van der Waals surface area contributed by atoms with Crippen molar-refractivity contribution in [2.75, 3.05) is 11.9 Å². The molecule has 1 aromatic rings. The fraction of sp³-hybridized carbons (Fsp3) is 0.500. The number of amides is 1. The summed E-state index contributed by atoms with van der Waals surface area (Å²) in [4.78, 5) is 14.7. The van der Waals surface area contributed by atoms with Gasteiger partial charge >= 0.3 is 6.18 Å². The molecule has 112 valence electrons. The minimum atomic E-state index is -4.59. The van der Waals surface area contributed by atoms with Gasteiger partial charge in [-0.3, -0.25) is 4.79 Å². The zero-order chi connectivity index (χ0) is 15.5. The smallest absolute Gasteiger partial charge is 0.365 e. The number of pyridine rings is 1. The largest absolute Gasteiger partial charge is 0.433 e. The first-order valence-corrected chi connectivity index (χ1v) is 6.01. The van der Waals surface area contributed by atoms with Gasteiger partial charge in [-0.1, -0.05) is 13.8 Å². The zero-order valence-corrected chi connectivity index (χ0v) is 11.2. The Kier molecular flexibility index (Phi) is 4.93. The summed E-state index contributed by atoms with van der Waals surface area (Å²) in [6.45, 7) is 3.89. The van der Waals surface area contributed by atoms with E-state index in [9.17, 15) is 18.0 Å². The molecule has 8 heteroatoms. The van der Waals surface area contributed by atoms with Crippen molar-refractivity contribution in [1.82, 2.24) is 4.98 Å². The Morgan fingerprint density at radius 2 is 2.00 bits per heavy atom. The molecular weight excluding hydrogens is 273 g/mol. The van der Waals surface area contributed by atoms with Gasteiger partial charge in [-0.2, -0.15) is 13.2 Å². The normalized spacial score (nSPS) is 13.3. The summed E-state index contributed by atoms with van der Waals surface area (Å²) >= 11 is 0. The van der Waals surface area contributed by atoms with E-state index in [1.165, 1.54) is 0 Å². The van der Waals surface area contributed by atoms with Crippen LogP contribution in [0.1, 0.15) is 29.9 Å². The van der Waals surface area contributed by atoms with Crippen LogP contribution in [0.25, 0.3) is 0 Å². The molecular formula is C12H17F3N4O. The second-order valence-corrected chi connectivity index (χ2v) is 4.69. The van der Waals surface area contributed by atoms with Crippen LogP contribution in [0.2, 0.25) is 0 Å². The van der Waals surface area contributed by atoms with Crippen LogP contribution in [0.4, 0.5) is 19.0 Å². The molecule has 0 bridgehead atoms. The highest BCUT2D eigenvalue weighted by atomic mass is 19.4. The van der Waals surface area contributed by atoms with E-state index in [1.54, 1.807) is 0 Å². The van der Waals surface area contributed by atoms with Gasteiger partial charge < -0.3 is 16.8 Å². The number of halogens is 3. The van der Waals surface area contributed by atoms with Gasteiger partial charge in [0, 0.05) is 12.6 Å². The number of nitrogens with zero attached hydrogens (tertiary/aromatic N) is 1. The minimum absolute atomic E-state index is 0.0528. The van der Waals surface area contributed by atoms with Crippen LogP contribution in [0.5, 0.6) is 0 Å². The van der Waals surface area contributed by atoms with E-state index in [-0.39, 0.29) is 29.9 Å². The lowest BCUT2D eigenvalue weighted by molar-refractivity contribution is -0.141. The first-order chi connectivity index (χ1) is 9.16. The Bertz CT molecular complexity index is 488. The first kappa shape index (κ1) is 16.2. The lowest BCUT2D eigenvalue weighted by atomic mass is 10.0. The maximum Gasteiger partial charge on any atom is 0.433 e. The molecule has 0 aliphatic carbocycles. The Morgan fingerprint density at radius 1 is 1.40 bits per heavy atom. The highest BCUT2D eigenvalue weighted by Gasteiger charge is 2.33. The van der Waals surface area contributed by atoms with Gasteiger partial charge in [0.1, 0.15) is 11.5 Å². The minimum Gasteiger partial charge on any atom is -0.365 e. The quantitative estimate of drug-likeness (QED) is 0.767. The zero-order valence-electron chi connectivity index (χ0n) is 11.2. The van der Waals surface area contributed by atoms with Crippen molar-refractivity contribution < 1.29 is 18.0 Å². The topological polar surface area (TPSA) is 94.0 Å². The second-order valence-electron chi connectivity index (χ2n) is 4.69. The van der Waals surface area contributed by atoms with Crippen molar-refractivity contribution in [3.63, 3.8) is 0 Å². The number of nitrogens with two attached hydrogens (primary N) is 2. The van der Waals surface area contributed by atoms with Gasteiger partial charge in [-0.05, 0) is 18.1 Å². The molecule has 1 rings (SSSR count). The number of carbonyl (C=O) groups is 1. The van der Waals surface area contributed by atoms with Gasteiger partial charge in [0.25, 0.3) is 5.91 Å². The summed E-state index contributed by atoms with van der Waals surface area (Å²) in [5, 5.41) is 2.75. The summed E-state index contributed by atoms with van der Waals surface area (Å²) in [7, 11) is 0. The van der Waals surface area contributed by atoms with Crippen LogP contribution in [0.3, 0.4) is 0 Å². The van der Waals surface area contributed by atoms with Crippen LogP contribution >= 0.6 is 0 Å². The van der Waals surface area contributed by atoms with Crippen molar-refractivity contribution in [2.45, 2.75) is 26.1 Å². The van der Waals surface area contributed by atoms with Crippen molar-refractivity contribution in [3.8, 4) is 0 Å². The first-order valence-electron chi connectivity index (χ1n) is 6.01. The average Bonchev–Trinajstić information content (AvgIpc) is 2.33. The number of hydrogen-bond donors (Lipinski definition) is 3. The number of hydrogen-bond acceptors (Lipinski definition) is 4. The van der Waals surface area contributed by atoms with Gasteiger partial charge in [0.2, 0.25) is 0 Å². The number of carbonyl (C=O) groups excluding carboxylic acids is 1. The standard InChI is InChI=1S/C12H17F3N4O/c1-6(2)8(5-16)18-11-7(10(17)20)3-4-9(19-11)12(13,14)15/h3-4,6,8H,5,16H2,1-2H3,(H2,17,20)(H,18,19). The lowest BCUT2D eigenvalue weighted by Gasteiger charge is -2.22. The molecule has 1 amide bonds. The van der Waals surface area contributed by atoms with Gasteiger partial charge in [0.15, 0.2) is 0 Å². The number of alkyl halides is 3. The van der Waals surface area contributed by atoms with Crippen LogP contribution in [-0.4, -0.2) is 23.5 Å². The summed E-state index contributed by atoms with van der Waals surface area (Å²) in [6.07, 6.45) is -4.59. The van der Waals surface area contributed by atoms with Crippen LogP contribution < -0.4 is 16.8 Å². The fourth-order valence-corrected chi connectivity index (χ4v) is 1.60. The highest BCUT2D eigenvalue weighted by molar-refractivity contribution is 5.97. The molecule has 0 fully saturated rings. The second kappa shape index (κ2) is 6.08. The molecule has 1 unspecified atom stereocenters. The fourth-order valence-electron chi connectivity index (χ4n) is 1.60. The molecule has 1 heterocycles. The molecule has 0 aromatic carbocycles. The monoisotopic (exact) mass is 290 g/mol. The average molecular weight is 290 g/mol. The van der Waals surface area contributed by atoms with Crippen molar-refractivity contribution >= 4 is 11.7 Å². The third-order valence-corrected chi connectivity index (χ3v) is 2.83. The van der Waals surface area contributed by atoms with E-state index >= 15 is 0 Å². The third-order valence-electron chi connectivity index (χ3n) is 2.83. The van der Waals surface area contributed by atoms with E-state index in [0.717, 1.165) is 12.1 Å². The molecule has 5 nitrogen and oxygen atoms in total. The predicted molar refractivity (Wildman–Crippen MR) is 69.1 cm³/mol. The number of rotatable bonds is 5. The van der Waals surface area contributed by atoms with Crippen molar-refractivity contribution in [2.24, 2.45) is 17.4 Å². The SMILES string of the molecule is CC(C)C(CN)Nc1nc(C(F)(F)F)ccc1C(N)=O. The molecule has 0 spiro atoms. The van der Waals surface area contributed by atoms with E-state index in [4.69, 9.17) is 11.5 Å². The molecule has 0 saturated heterocycles. The summed E-state index contributed by atoms with van der Waals surface area (Å²) in [6, 6.07) is 1.41. The predicted octanol–water partition coefficient (Wildman–Crippen LogP) is 1.59.